The van der Waals surface area contributed by atoms with E-state index in [0.717, 1.165) is 33.6 Å². The third-order valence-electron chi connectivity index (χ3n) is 2.59. The van der Waals surface area contributed by atoms with Crippen LogP contribution in [0.4, 0.5) is 0 Å². The largest absolute Gasteiger partial charge is 0.453 e. The van der Waals surface area contributed by atoms with Crippen LogP contribution in [0, 0.1) is 0 Å². The normalized spacial score (nSPS) is 12.6. The molecule has 0 amide bonds. The zero-order chi connectivity index (χ0) is 13.0. The highest BCUT2D eigenvalue weighted by Gasteiger charge is 2.15. The van der Waals surface area contributed by atoms with Gasteiger partial charge < -0.3 is 9.73 Å². The Morgan fingerprint density at radius 3 is 2.67 bits per heavy atom. The van der Waals surface area contributed by atoms with Gasteiger partial charge in [0.2, 0.25) is 0 Å². The molecule has 0 aromatic carbocycles. The summed E-state index contributed by atoms with van der Waals surface area (Å²) in [4.78, 5) is 4.39. The molecule has 3 nitrogen and oxygen atoms in total. The molecule has 0 radical (unpaired) electrons. The number of aromatic nitrogens is 1. The second-order valence-electron chi connectivity index (χ2n) is 3.92. The van der Waals surface area contributed by atoms with Crippen molar-refractivity contribution in [2.75, 3.05) is 6.54 Å². The predicted molar refractivity (Wildman–Crippen MR) is 78.5 cm³/mol. The van der Waals surface area contributed by atoms with E-state index in [0.29, 0.717) is 0 Å². The smallest absolute Gasteiger partial charge is 0.169 e. The van der Waals surface area contributed by atoms with E-state index in [2.05, 4.69) is 49.1 Å². The minimum atomic E-state index is 0.148. The molecule has 0 fully saturated rings. The minimum Gasteiger partial charge on any atom is -0.453 e. The summed E-state index contributed by atoms with van der Waals surface area (Å²) in [5.41, 5.74) is 1.04. The summed E-state index contributed by atoms with van der Waals surface area (Å²) >= 11 is 6.72. The van der Waals surface area contributed by atoms with Crippen LogP contribution in [0.25, 0.3) is 0 Å². The van der Waals surface area contributed by atoms with E-state index in [9.17, 15) is 0 Å². The van der Waals surface area contributed by atoms with Crippen LogP contribution in [0.15, 0.2) is 44.0 Å². The van der Waals surface area contributed by atoms with Gasteiger partial charge in [-0.15, -0.1) is 0 Å². The number of hydrogen-bond acceptors (Lipinski definition) is 3. The lowest BCUT2D eigenvalue weighted by atomic mass is 10.1. The molecule has 0 aliphatic carbocycles. The first-order valence-corrected chi connectivity index (χ1v) is 7.36. The van der Waals surface area contributed by atoms with E-state index in [1.807, 2.05) is 30.5 Å². The van der Waals surface area contributed by atoms with Gasteiger partial charge in [-0.05, 0) is 62.7 Å². The van der Waals surface area contributed by atoms with Crippen molar-refractivity contribution in [3.63, 3.8) is 0 Å². The van der Waals surface area contributed by atoms with Gasteiger partial charge >= 0.3 is 0 Å². The fourth-order valence-corrected chi connectivity index (χ4v) is 2.33. The highest BCUT2D eigenvalue weighted by molar-refractivity contribution is 9.10. The summed E-state index contributed by atoms with van der Waals surface area (Å²) in [5, 5.41) is 3.41. The van der Waals surface area contributed by atoms with Crippen molar-refractivity contribution in [2.45, 2.75) is 19.4 Å². The van der Waals surface area contributed by atoms with Crippen molar-refractivity contribution in [1.29, 1.82) is 0 Å². The molecule has 1 unspecified atom stereocenters. The molecular weight excluding hydrogens is 360 g/mol. The Balaban J connectivity index is 2.13. The van der Waals surface area contributed by atoms with Gasteiger partial charge in [0.1, 0.15) is 5.76 Å². The fourth-order valence-electron chi connectivity index (χ4n) is 1.77. The molecule has 0 aliphatic rings. The third kappa shape index (κ3) is 3.67. The van der Waals surface area contributed by atoms with Gasteiger partial charge in [0.25, 0.3) is 0 Å². The first-order valence-electron chi connectivity index (χ1n) is 5.78. The van der Waals surface area contributed by atoms with Gasteiger partial charge in [-0.25, -0.2) is 0 Å². The number of pyridine rings is 1. The summed E-state index contributed by atoms with van der Waals surface area (Å²) in [7, 11) is 0. The van der Waals surface area contributed by atoms with Crippen LogP contribution < -0.4 is 5.32 Å². The Labute approximate surface area is 123 Å². The molecule has 2 aromatic heterocycles. The van der Waals surface area contributed by atoms with Crippen molar-refractivity contribution in [1.82, 2.24) is 10.3 Å². The predicted octanol–water partition coefficient (Wildman–Crippen LogP) is 4.09. The molecular formula is C13H14Br2N2O. The molecule has 2 heterocycles. The fraction of sp³-hybridized carbons (Fsp3) is 0.308. The number of halogens is 2. The highest BCUT2D eigenvalue weighted by Crippen LogP contribution is 2.23. The molecule has 2 rings (SSSR count). The summed E-state index contributed by atoms with van der Waals surface area (Å²) < 4.78 is 7.36. The molecule has 0 aliphatic heterocycles. The zero-order valence-electron chi connectivity index (χ0n) is 9.99. The molecule has 1 N–H and O–H groups in total. The van der Waals surface area contributed by atoms with E-state index >= 15 is 0 Å². The Kier molecular flexibility index (Phi) is 4.97. The zero-order valence-corrected chi connectivity index (χ0v) is 13.2. The van der Waals surface area contributed by atoms with E-state index in [1.165, 1.54) is 0 Å². The summed E-state index contributed by atoms with van der Waals surface area (Å²) in [5.74, 6) is 0.924. The molecule has 1 atom stereocenters. The van der Waals surface area contributed by atoms with Gasteiger partial charge in [0.05, 0.1) is 6.04 Å². The average Bonchev–Trinajstić information content (AvgIpc) is 2.78. The second-order valence-corrected chi connectivity index (χ2v) is 5.62. The molecule has 0 saturated carbocycles. The molecule has 5 heteroatoms. The standard InChI is InChI=1S/C13H14Br2N2O/c1-2-16-11(12-5-6-13(15)18-12)7-10-4-3-9(14)8-17-10/h3-6,8,11,16H,2,7H2,1H3. The number of hydrogen-bond donors (Lipinski definition) is 1. The third-order valence-corrected chi connectivity index (χ3v) is 3.49. The van der Waals surface area contributed by atoms with Crippen molar-refractivity contribution in [2.24, 2.45) is 0 Å². The Hall–Kier alpha value is -0.650. The van der Waals surface area contributed by atoms with Crippen LogP contribution in [0.5, 0.6) is 0 Å². The van der Waals surface area contributed by atoms with Crippen LogP contribution in [-0.4, -0.2) is 11.5 Å². The maximum absolute atomic E-state index is 5.61. The van der Waals surface area contributed by atoms with Crippen LogP contribution in [0.2, 0.25) is 0 Å². The second kappa shape index (κ2) is 6.50. The molecule has 2 aromatic rings. The average molecular weight is 374 g/mol. The van der Waals surface area contributed by atoms with Gasteiger partial charge in [-0.1, -0.05) is 6.92 Å². The van der Waals surface area contributed by atoms with Crippen LogP contribution in [0.3, 0.4) is 0 Å². The SMILES string of the molecule is CCNC(Cc1ccc(Br)cn1)c1ccc(Br)o1. The first kappa shape index (κ1) is 13.8. The quantitative estimate of drug-likeness (QED) is 0.857. The summed E-state index contributed by atoms with van der Waals surface area (Å²) in [6, 6.07) is 8.07. The first-order chi connectivity index (χ1) is 8.69. The summed E-state index contributed by atoms with van der Waals surface area (Å²) in [6.07, 6.45) is 2.62. The Bertz CT molecular complexity index is 496. The summed E-state index contributed by atoms with van der Waals surface area (Å²) in [6.45, 7) is 2.97. The van der Waals surface area contributed by atoms with E-state index in [1.54, 1.807) is 0 Å². The van der Waals surface area contributed by atoms with Gasteiger partial charge in [0.15, 0.2) is 4.67 Å². The molecule has 96 valence electrons. The monoisotopic (exact) mass is 372 g/mol. The van der Waals surface area contributed by atoms with Gasteiger partial charge in [-0.2, -0.15) is 0 Å². The van der Waals surface area contributed by atoms with Crippen molar-refractivity contribution in [3.05, 3.63) is 51.1 Å². The number of rotatable bonds is 5. The maximum Gasteiger partial charge on any atom is 0.169 e. The van der Waals surface area contributed by atoms with Gasteiger partial charge in [0, 0.05) is 22.8 Å². The number of furan rings is 1. The van der Waals surface area contributed by atoms with Gasteiger partial charge in [-0.3, -0.25) is 4.98 Å². The van der Waals surface area contributed by atoms with Crippen molar-refractivity contribution >= 4 is 31.9 Å². The van der Waals surface area contributed by atoms with Crippen LogP contribution >= 0.6 is 31.9 Å². The lowest BCUT2D eigenvalue weighted by Crippen LogP contribution is -2.22. The minimum absolute atomic E-state index is 0.148. The molecule has 0 bridgehead atoms. The Morgan fingerprint density at radius 2 is 2.11 bits per heavy atom. The van der Waals surface area contributed by atoms with E-state index in [-0.39, 0.29) is 6.04 Å². The maximum atomic E-state index is 5.61. The lowest BCUT2D eigenvalue weighted by molar-refractivity contribution is 0.403. The van der Waals surface area contributed by atoms with E-state index < -0.39 is 0 Å². The van der Waals surface area contributed by atoms with Crippen molar-refractivity contribution in [3.8, 4) is 0 Å². The molecule has 18 heavy (non-hydrogen) atoms. The number of nitrogens with zero attached hydrogens (tertiary/aromatic N) is 1. The van der Waals surface area contributed by atoms with Crippen LogP contribution in [0.1, 0.15) is 24.4 Å². The molecule has 0 spiro atoms. The molecule has 0 saturated heterocycles. The highest BCUT2D eigenvalue weighted by atomic mass is 79.9. The number of likely N-dealkylation sites (N-methyl/N-ethyl adjacent to an activating group) is 1. The lowest BCUT2D eigenvalue weighted by Gasteiger charge is -2.15. The number of nitrogens with one attached hydrogen (secondary N) is 1. The van der Waals surface area contributed by atoms with Crippen molar-refractivity contribution < 1.29 is 4.42 Å². The Morgan fingerprint density at radius 1 is 1.28 bits per heavy atom. The van der Waals surface area contributed by atoms with Crippen LogP contribution in [-0.2, 0) is 6.42 Å². The van der Waals surface area contributed by atoms with E-state index in [4.69, 9.17) is 4.42 Å². The topological polar surface area (TPSA) is 38.1 Å².